The predicted molar refractivity (Wildman–Crippen MR) is 62.2 cm³/mol. The summed E-state index contributed by atoms with van der Waals surface area (Å²) in [6.45, 7) is 5.01. The Morgan fingerprint density at radius 1 is 1.46 bits per heavy atom. The van der Waals surface area contributed by atoms with E-state index in [4.69, 9.17) is 0 Å². The van der Waals surface area contributed by atoms with Crippen molar-refractivity contribution in [3.63, 3.8) is 0 Å². The van der Waals surface area contributed by atoms with E-state index in [1.165, 1.54) is 11.3 Å². The lowest BCUT2D eigenvalue weighted by atomic mass is 10.2. The van der Waals surface area contributed by atoms with Gasteiger partial charge in [0.25, 0.3) is 0 Å². The van der Waals surface area contributed by atoms with Crippen LogP contribution in [0.1, 0.15) is 12.5 Å². The Morgan fingerprint density at radius 2 is 2.23 bits per heavy atom. The molecule has 0 radical (unpaired) electrons. The number of hydrogen-bond donors (Lipinski definition) is 1. The largest absolute Gasteiger partial charge is 0.381 e. The molecule has 0 heterocycles. The molecular formula is C11H14BrN. The Bertz CT molecular complexity index is 305. The van der Waals surface area contributed by atoms with Gasteiger partial charge in [0.2, 0.25) is 0 Å². The summed E-state index contributed by atoms with van der Waals surface area (Å²) in [6, 6.07) is 6.24. The first kappa shape index (κ1) is 10.3. The molecule has 1 aromatic rings. The van der Waals surface area contributed by atoms with Gasteiger partial charge in [-0.05, 0) is 37.6 Å². The lowest BCUT2D eigenvalue weighted by Crippen LogP contribution is -1.99. The van der Waals surface area contributed by atoms with Crippen molar-refractivity contribution in [3.8, 4) is 0 Å². The van der Waals surface area contributed by atoms with E-state index >= 15 is 0 Å². The SMILES string of the molecule is C/C=C/CNc1ccc(Br)cc1C. The van der Waals surface area contributed by atoms with Gasteiger partial charge >= 0.3 is 0 Å². The monoisotopic (exact) mass is 239 g/mol. The maximum atomic E-state index is 3.44. The van der Waals surface area contributed by atoms with Crippen LogP contribution in [0, 0.1) is 6.92 Å². The molecule has 0 aromatic heterocycles. The minimum atomic E-state index is 0.888. The molecule has 0 bridgehead atoms. The van der Waals surface area contributed by atoms with Crippen molar-refractivity contribution in [1.29, 1.82) is 0 Å². The van der Waals surface area contributed by atoms with E-state index in [1.54, 1.807) is 0 Å². The molecule has 0 saturated heterocycles. The van der Waals surface area contributed by atoms with Crippen LogP contribution < -0.4 is 5.32 Å². The Kier molecular flexibility index (Phi) is 4.03. The van der Waals surface area contributed by atoms with Crippen molar-refractivity contribution in [1.82, 2.24) is 0 Å². The summed E-state index contributed by atoms with van der Waals surface area (Å²) in [5.41, 5.74) is 2.46. The summed E-state index contributed by atoms with van der Waals surface area (Å²) in [7, 11) is 0. The minimum Gasteiger partial charge on any atom is -0.381 e. The first-order chi connectivity index (χ1) is 6.24. The van der Waals surface area contributed by atoms with Crippen molar-refractivity contribution >= 4 is 21.6 Å². The van der Waals surface area contributed by atoms with Crippen molar-refractivity contribution in [2.75, 3.05) is 11.9 Å². The van der Waals surface area contributed by atoms with Crippen LogP contribution in [0.25, 0.3) is 0 Å². The Morgan fingerprint density at radius 3 is 2.85 bits per heavy atom. The molecule has 0 aliphatic heterocycles. The number of allylic oxidation sites excluding steroid dienone is 1. The molecule has 0 aliphatic rings. The number of halogens is 1. The standard InChI is InChI=1S/C11H14BrN/c1-3-4-7-13-11-6-5-10(12)8-9(11)2/h3-6,8,13H,7H2,1-2H3/b4-3+. The van der Waals surface area contributed by atoms with E-state index in [9.17, 15) is 0 Å². The highest BCUT2D eigenvalue weighted by Crippen LogP contribution is 2.19. The molecule has 1 aromatic carbocycles. The fourth-order valence-corrected chi connectivity index (χ4v) is 1.59. The number of hydrogen-bond acceptors (Lipinski definition) is 1. The van der Waals surface area contributed by atoms with Crippen LogP contribution in [-0.2, 0) is 0 Å². The van der Waals surface area contributed by atoms with Crippen LogP contribution in [0.3, 0.4) is 0 Å². The van der Waals surface area contributed by atoms with Crippen molar-refractivity contribution in [2.24, 2.45) is 0 Å². The van der Waals surface area contributed by atoms with Gasteiger partial charge in [-0.3, -0.25) is 0 Å². The molecule has 70 valence electrons. The second kappa shape index (κ2) is 5.07. The molecule has 0 unspecified atom stereocenters. The summed E-state index contributed by atoms with van der Waals surface area (Å²) < 4.78 is 1.13. The number of anilines is 1. The van der Waals surface area contributed by atoms with Crippen molar-refractivity contribution < 1.29 is 0 Å². The van der Waals surface area contributed by atoms with E-state index in [2.05, 4.69) is 46.4 Å². The molecule has 0 atom stereocenters. The molecule has 0 saturated carbocycles. The molecule has 0 amide bonds. The van der Waals surface area contributed by atoms with Gasteiger partial charge in [-0.2, -0.15) is 0 Å². The summed E-state index contributed by atoms with van der Waals surface area (Å²) >= 11 is 3.44. The van der Waals surface area contributed by atoms with E-state index in [0.717, 1.165) is 11.0 Å². The lowest BCUT2D eigenvalue weighted by molar-refractivity contribution is 1.29. The third kappa shape index (κ3) is 3.23. The highest BCUT2D eigenvalue weighted by Gasteiger charge is 1.95. The predicted octanol–water partition coefficient (Wildman–Crippen LogP) is 3.75. The summed E-state index contributed by atoms with van der Waals surface area (Å²) in [5.74, 6) is 0. The zero-order valence-electron chi connectivity index (χ0n) is 7.97. The first-order valence-electron chi connectivity index (χ1n) is 4.35. The highest BCUT2D eigenvalue weighted by atomic mass is 79.9. The number of benzene rings is 1. The van der Waals surface area contributed by atoms with E-state index in [0.29, 0.717) is 0 Å². The van der Waals surface area contributed by atoms with Gasteiger partial charge < -0.3 is 5.32 Å². The molecule has 0 fully saturated rings. The average Bonchev–Trinajstić information content (AvgIpc) is 2.09. The molecule has 1 rings (SSSR count). The Balaban J connectivity index is 2.66. The summed E-state index contributed by atoms with van der Waals surface area (Å²) in [6.07, 6.45) is 4.14. The van der Waals surface area contributed by atoms with Crippen molar-refractivity contribution in [2.45, 2.75) is 13.8 Å². The first-order valence-corrected chi connectivity index (χ1v) is 5.14. The maximum absolute atomic E-state index is 3.44. The molecular weight excluding hydrogens is 226 g/mol. The zero-order chi connectivity index (χ0) is 9.68. The summed E-state index contributed by atoms with van der Waals surface area (Å²) in [5, 5.41) is 3.33. The molecule has 1 nitrogen and oxygen atoms in total. The second-order valence-corrected chi connectivity index (χ2v) is 3.82. The van der Waals surface area contributed by atoms with Gasteiger partial charge in [-0.15, -0.1) is 0 Å². The zero-order valence-corrected chi connectivity index (χ0v) is 9.56. The fourth-order valence-electron chi connectivity index (χ4n) is 1.11. The van der Waals surface area contributed by atoms with E-state index in [1.807, 2.05) is 19.1 Å². The van der Waals surface area contributed by atoms with Crippen LogP contribution >= 0.6 is 15.9 Å². The van der Waals surface area contributed by atoms with Gasteiger partial charge in [-0.25, -0.2) is 0 Å². The number of aryl methyl sites for hydroxylation is 1. The van der Waals surface area contributed by atoms with Gasteiger partial charge in [0, 0.05) is 16.7 Å². The third-order valence-electron chi connectivity index (χ3n) is 1.83. The molecule has 0 aliphatic carbocycles. The Labute approximate surface area is 88.0 Å². The number of nitrogens with one attached hydrogen (secondary N) is 1. The smallest absolute Gasteiger partial charge is 0.0373 e. The fraction of sp³-hybridized carbons (Fsp3) is 0.273. The Hall–Kier alpha value is -0.760. The maximum Gasteiger partial charge on any atom is 0.0373 e. The molecule has 1 N–H and O–H groups in total. The highest BCUT2D eigenvalue weighted by molar-refractivity contribution is 9.10. The van der Waals surface area contributed by atoms with Crippen molar-refractivity contribution in [3.05, 3.63) is 40.4 Å². The van der Waals surface area contributed by atoms with Crippen LogP contribution in [0.15, 0.2) is 34.8 Å². The van der Waals surface area contributed by atoms with Crippen LogP contribution in [-0.4, -0.2) is 6.54 Å². The summed E-state index contributed by atoms with van der Waals surface area (Å²) in [4.78, 5) is 0. The average molecular weight is 240 g/mol. The second-order valence-electron chi connectivity index (χ2n) is 2.91. The topological polar surface area (TPSA) is 12.0 Å². The van der Waals surface area contributed by atoms with Crippen LogP contribution in [0.5, 0.6) is 0 Å². The number of rotatable bonds is 3. The molecule has 2 heteroatoms. The van der Waals surface area contributed by atoms with Gasteiger partial charge in [0.05, 0.1) is 0 Å². The van der Waals surface area contributed by atoms with Crippen LogP contribution in [0.2, 0.25) is 0 Å². The van der Waals surface area contributed by atoms with Crippen LogP contribution in [0.4, 0.5) is 5.69 Å². The quantitative estimate of drug-likeness (QED) is 0.793. The van der Waals surface area contributed by atoms with Gasteiger partial charge in [0.1, 0.15) is 0 Å². The lowest BCUT2D eigenvalue weighted by Gasteiger charge is -2.07. The minimum absolute atomic E-state index is 0.888. The molecule has 13 heavy (non-hydrogen) atoms. The molecule has 0 spiro atoms. The van der Waals surface area contributed by atoms with Gasteiger partial charge in [-0.1, -0.05) is 28.1 Å². The van der Waals surface area contributed by atoms with E-state index < -0.39 is 0 Å². The van der Waals surface area contributed by atoms with E-state index in [-0.39, 0.29) is 0 Å². The third-order valence-corrected chi connectivity index (χ3v) is 2.33. The normalized spacial score (nSPS) is 10.7. The van der Waals surface area contributed by atoms with Gasteiger partial charge in [0.15, 0.2) is 0 Å².